The van der Waals surface area contributed by atoms with Gasteiger partial charge in [-0.1, -0.05) is 0 Å². The first-order valence-electron chi connectivity index (χ1n) is 8.50. The van der Waals surface area contributed by atoms with Gasteiger partial charge in [0.25, 0.3) is 0 Å². The Morgan fingerprint density at radius 2 is 1.64 bits per heavy atom. The van der Waals surface area contributed by atoms with Gasteiger partial charge in [0.1, 0.15) is 12.1 Å². The maximum atomic E-state index is 12.4. The number of nitrogens with zero attached hydrogens (tertiary/aromatic N) is 1. The number of hydrogen-bond acceptors (Lipinski definition) is 7. The Kier molecular flexibility index (Phi) is 12.4. The van der Waals surface area contributed by atoms with Crippen LogP contribution in [0.4, 0.5) is 0 Å². The summed E-state index contributed by atoms with van der Waals surface area (Å²) in [5.41, 5.74) is 21.2. The number of amides is 3. The number of hydrogen-bond donors (Lipinski definition) is 7. The first kappa shape index (κ1) is 25.5. The van der Waals surface area contributed by atoms with Crippen molar-refractivity contribution in [2.75, 3.05) is 18.6 Å². The minimum Gasteiger partial charge on any atom is -0.480 e. The third-order valence-corrected chi connectivity index (χ3v) is 4.21. The second-order valence-electron chi connectivity index (χ2n) is 5.97. The van der Waals surface area contributed by atoms with Crippen molar-refractivity contribution in [2.45, 2.75) is 43.8 Å². The van der Waals surface area contributed by atoms with Crippen LogP contribution in [0, 0.1) is 0 Å². The molecule has 3 atom stereocenters. The van der Waals surface area contributed by atoms with Gasteiger partial charge in [-0.2, -0.15) is 11.8 Å². The van der Waals surface area contributed by atoms with Gasteiger partial charge in [-0.25, -0.2) is 4.79 Å². The van der Waals surface area contributed by atoms with E-state index < -0.39 is 48.2 Å². The highest BCUT2D eigenvalue weighted by molar-refractivity contribution is 7.98. The number of thioether (sulfide) groups is 1. The van der Waals surface area contributed by atoms with E-state index in [-0.39, 0.29) is 18.9 Å². The van der Waals surface area contributed by atoms with E-state index in [0.29, 0.717) is 18.6 Å². The lowest BCUT2D eigenvalue weighted by molar-refractivity contribution is -0.142. The highest BCUT2D eigenvalue weighted by Gasteiger charge is 2.28. The minimum absolute atomic E-state index is 0.0440. The summed E-state index contributed by atoms with van der Waals surface area (Å²) in [5, 5.41) is 13.9. The van der Waals surface area contributed by atoms with Crippen LogP contribution in [0.15, 0.2) is 4.99 Å². The Balaban J connectivity index is 4.95. The average molecular weight is 420 g/mol. The number of rotatable bonds is 14. The van der Waals surface area contributed by atoms with E-state index in [9.17, 15) is 24.3 Å². The van der Waals surface area contributed by atoms with Crippen LogP contribution in [-0.4, -0.2) is 71.4 Å². The van der Waals surface area contributed by atoms with Crippen LogP contribution < -0.4 is 33.6 Å². The van der Waals surface area contributed by atoms with E-state index in [1.165, 1.54) is 11.8 Å². The summed E-state index contributed by atoms with van der Waals surface area (Å²) in [5.74, 6) is -3.08. The molecule has 0 aromatic carbocycles. The fraction of sp³-hybridized carbons (Fsp3) is 0.667. The van der Waals surface area contributed by atoms with Crippen molar-refractivity contribution in [3.05, 3.63) is 0 Å². The molecular formula is C15H29N7O5S. The van der Waals surface area contributed by atoms with Crippen LogP contribution in [-0.2, 0) is 19.2 Å². The van der Waals surface area contributed by atoms with Crippen molar-refractivity contribution in [1.29, 1.82) is 0 Å². The Hall–Kier alpha value is -2.54. The molecule has 0 aliphatic heterocycles. The molecular weight excluding hydrogens is 390 g/mol. The van der Waals surface area contributed by atoms with E-state index in [1.54, 1.807) is 0 Å². The zero-order chi connectivity index (χ0) is 21.7. The molecule has 28 heavy (non-hydrogen) atoms. The molecule has 11 N–H and O–H groups in total. The molecule has 13 heteroatoms. The van der Waals surface area contributed by atoms with Crippen molar-refractivity contribution in [3.8, 4) is 0 Å². The summed E-state index contributed by atoms with van der Waals surface area (Å²) < 4.78 is 0. The molecule has 0 bridgehead atoms. The van der Waals surface area contributed by atoms with E-state index in [2.05, 4.69) is 15.6 Å². The molecule has 12 nitrogen and oxygen atoms in total. The third-order valence-electron chi connectivity index (χ3n) is 3.57. The molecule has 0 unspecified atom stereocenters. The Morgan fingerprint density at radius 3 is 2.14 bits per heavy atom. The van der Waals surface area contributed by atoms with E-state index >= 15 is 0 Å². The molecule has 0 aromatic heterocycles. The fourth-order valence-corrected chi connectivity index (χ4v) is 2.59. The lowest BCUT2D eigenvalue weighted by atomic mass is 10.1. The minimum atomic E-state index is -1.33. The van der Waals surface area contributed by atoms with Gasteiger partial charge in [-0.05, 0) is 31.3 Å². The molecule has 0 spiro atoms. The number of carbonyl (C=O) groups excluding carboxylic acids is 3. The van der Waals surface area contributed by atoms with Crippen molar-refractivity contribution >= 4 is 41.4 Å². The van der Waals surface area contributed by atoms with Gasteiger partial charge in [-0.3, -0.25) is 19.4 Å². The lowest BCUT2D eigenvalue weighted by Gasteiger charge is -2.22. The number of aliphatic carboxylic acids is 1. The predicted molar refractivity (Wildman–Crippen MR) is 106 cm³/mol. The molecule has 0 aliphatic rings. The predicted octanol–water partition coefficient (Wildman–Crippen LogP) is -2.95. The number of guanidine groups is 1. The number of nitrogens with one attached hydrogen (secondary N) is 2. The van der Waals surface area contributed by atoms with Crippen LogP contribution in [0.2, 0.25) is 0 Å². The monoisotopic (exact) mass is 419 g/mol. The van der Waals surface area contributed by atoms with E-state index in [4.69, 9.17) is 22.9 Å². The number of nitrogens with two attached hydrogens (primary N) is 4. The summed E-state index contributed by atoms with van der Waals surface area (Å²) in [7, 11) is 0. The third kappa shape index (κ3) is 11.2. The smallest absolute Gasteiger partial charge is 0.326 e. The average Bonchev–Trinajstić information content (AvgIpc) is 2.60. The molecule has 3 amide bonds. The van der Waals surface area contributed by atoms with Crippen molar-refractivity contribution in [1.82, 2.24) is 10.6 Å². The maximum Gasteiger partial charge on any atom is 0.326 e. The normalized spacial score (nSPS) is 13.6. The van der Waals surface area contributed by atoms with Crippen LogP contribution in [0.25, 0.3) is 0 Å². The van der Waals surface area contributed by atoms with Crippen molar-refractivity contribution in [2.24, 2.45) is 27.9 Å². The molecule has 0 aromatic rings. The van der Waals surface area contributed by atoms with Crippen LogP contribution >= 0.6 is 11.8 Å². The summed E-state index contributed by atoms with van der Waals surface area (Å²) in [6, 6.07) is -3.45. The molecule has 160 valence electrons. The second-order valence-corrected chi connectivity index (χ2v) is 6.95. The number of carboxylic acid groups (broad SMARTS) is 1. The Labute approximate surface area is 167 Å². The topological polar surface area (TPSA) is 229 Å². The summed E-state index contributed by atoms with van der Waals surface area (Å²) in [6.45, 7) is 0.188. The molecule has 0 saturated heterocycles. The summed E-state index contributed by atoms with van der Waals surface area (Å²) in [6.07, 6.45) is 2.07. The van der Waals surface area contributed by atoms with E-state index in [0.717, 1.165) is 0 Å². The van der Waals surface area contributed by atoms with Gasteiger partial charge in [0.05, 0.1) is 12.5 Å². The van der Waals surface area contributed by atoms with Crippen molar-refractivity contribution in [3.63, 3.8) is 0 Å². The SMILES string of the molecule is CSCC[C@H](N)C(=O)N[C@@H](CC(N)=O)C(=O)N[C@@H](CCCN=C(N)N)C(=O)O. The Morgan fingerprint density at radius 1 is 1.04 bits per heavy atom. The molecule has 0 rings (SSSR count). The highest BCUT2D eigenvalue weighted by atomic mass is 32.2. The van der Waals surface area contributed by atoms with Crippen molar-refractivity contribution < 1.29 is 24.3 Å². The quantitative estimate of drug-likeness (QED) is 0.0865. The van der Waals surface area contributed by atoms with E-state index in [1.807, 2.05) is 6.26 Å². The van der Waals surface area contributed by atoms with Crippen LogP contribution in [0.3, 0.4) is 0 Å². The number of carboxylic acids is 1. The maximum absolute atomic E-state index is 12.4. The second kappa shape index (κ2) is 13.6. The van der Waals surface area contributed by atoms with Gasteiger partial charge >= 0.3 is 5.97 Å². The standard InChI is InChI=1S/C15H29N7O5S/c1-28-6-4-8(16)12(24)22-10(7-11(17)23)13(25)21-9(14(26)27)3-2-5-20-15(18)19/h8-10H,2-7,16H2,1H3,(H2,17,23)(H,21,25)(H,22,24)(H,26,27)(H4,18,19,20)/t8-,9-,10-/m0/s1. The zero-order valence-corrected chi connectivity index (χ0v) is 16.5. The van der Waals surface area contributed by atoms with Gasteiger partial charge in [0, 0.05) is 6.54 Å². The molecule has 0 heterocycles. The number of aliphatic imine (C=N–C) groups is 1. The first-order valence-corrected chi connectivity index (χ1v) is 9.89. The number of primary amides is 1. The lowest BCUT2D eigenvalue weighted by Crippen LogP contribution is -2.55. The van der Waals surface area contributed by atoms with Gasteiger partial charge in [0.15, 0.2) is 5.96 Å². The Bertz CT molecular complexity index is 583. The molecule has 0 aliphatic carbocycles. The largest absolute Gasteiger partial charge is 0.480 e. The van der Waals surface area contributed by atoms with Gasteiger partial charge in [-0.15, -0.1) is 0 Å². The molecule has 0 fully saturated rings. The van der Waals surface area contributed by atoms with Gasteiger partial charge < -0.3 is 38.7 Å². The van der Waals surface area contributed by atoms with Crippen LogP contribution in [0.5, 0.6) is 0 Å². The highest BCUT2D eigenvalue weighted by Crippen LogP contribution is 2.03. The van der Waals surface area contributed by atoms with Crippen LogP contribution in [0.1, 0.15) is 25.7 Å². The molecule has 0 radical (unpaired) electrons. The fourth-order valence-electron chi connectivity index (χ4n) is 2.10. The summed E-state index contributed by atoms with van der Waals surface area (Å²) in [4.78, 5) is 50.8. The zero-order valence-electron chi connectivity index (χ0n) is 15.7. The van der Waals surface area contributed by atoms with Gasteiger partial charge in [0.2, 0.25) is 17.7 Å². The summed E-state index contributed by atoms with van der Waals surface area (Å²) >= 11 is 1.50. The number of carbonyl (C=O) groups is 4. The molecule has 0 saturated carbocycles. The first-order chi connectivity index (χ1) is 13.1.